The predicted octanol–water partition coefficient (Wildman–Crippen LogP) is 2.89. The Morgan fingerprint density at radius 2 is 2.00 bits per heavy atom. The molecule has 3 rings (SSSR count). The molecule has 0 radical (unpaired) electrons. The van der Waals surface area contributed by atoms with Gasteiger partial charge < -0.3 is 14.7 Å². The van der Waals surface area contributed by atoms with E-state index in [9.17, 15) is 14.7 Å². The van der Waals surface area contributed by atoms with Gasteiger partial charge in [0, 0.05) is 41.1 Å². The van der Waals surface area contributed by atoms with Crippen LogP contribution in [0.15, 0.2) is 41.3 Å². The van der Waals surface area contributed by atoms with Crippen LogP contribution in [-0.2, 0) is 13.0 Å². The Hall–Kier alpha value is -2.82. The predicted molar refractivity (Wildman–Crippen MR) is 89.1 cm³/mol. The van der Waals surface area contributed by atoms with Gasteiger partial charge >= 0.3 is 5.97 Å². The number of rotatable bonds is 4. The van der Waals surface area contributed by atoms with Gasteiger partial charge in [0.15, 0.2) is 5.43 Å². The molecule has 1 aromatic carbocycles. The third-order valence-electron chi connectivity index (χ3n) is 4.27. The summed E-state index contributed by atoms with van der Waals surface area (Å²) in [6.07, 6.45) is 2.74. The van der Waals surface area contributed by atoms with Crippen molar-refractivity contribution >= 4 is 16.9 Å². The van der Waals surface area contributed by atoms with Crippen molar-refractivity contribution in [2.75, 3.05) is 0 Å². The second-order valence-electron chi connectivity index (χ2n) is 5.68. The molecule has 0 aliphatic carbocycles. The number of aromatic carboxylic acids is 1. The van der Waals surface area contributed by atoms with Gasteiger partial charge in [-0.1, -0.05) is 18.2 Å². The summed E-state index contributed by atoms with van der Waals surface area (Å²) in [6, 6.07) is 9.47. The van der Waals surface area contributed by atoms with Crippen LogP contribution in [-0.4, -0.2) is 20.6 Å². The molecule has 0 spiro atoms. The molecule has 0 amide bonds. The van der Waals surface area contributed by atoms with Gasteiger partial charge in [-0.15, -0.1) is 0 Å². The molecule has 0 bridgehead atoms. The van der Waals surface area contributed by atoms with Crippen LogP contribution in [0, 0.1) is 13.8 Å². The lowest BCUT2D eigenvalue weighted by Gasteiger charge is -2.16. The molecule has 0 fully saturated rings. The number of aromatic nitrogens is 2. The van der Waals surface area contributed by atoms with E-state index in [4.69, 9.17) is 0 Å². The molecule has 3 aromatic rings. The zero-order valence-electron chi connectivity index (χ0n) is 13.1. The van der Waals surface area contributed by atoms with Crippen LogP contribution in [0.5, 0.6) is 0 Å². The van der Waals surface area contributed by atoms with Crippen LogP contribution >= 0.6 is 0 Å². The number of hydrogen-bond donors (Lipinski definition) is 2. The second kappa shape index (κ2) is 5.76. The number of hydrogen-bond acceptors (Lipinski definition) is 2. The van der Waals surface area contributed by atoms with E-state index >= 15 is 0 Å². The molecule has 0 unspecified atom stereocenters. The lowest BCUT2D eigenvalue weighted by atomic mass is 10.1. The summed E-state index contributed by atoms with van der Waals surface area (Å²) in [5.74, 6) is -1.17. The maximum atomic E-state index is 11.9. The third-order valence-corrected chi connectivity index (χ3v) is 4.27. The standard InChI is InChI=1S/C18H18N2O3/c1-11-9-16(21)17(18(22)23)12(2)20(11)8-7-13-10-19-15-6-4-3-5-14(13)15/h3-6,9-10,19H,7-8H2,1-2H3,(H,22,23). The Bertz CT molecular complexity index is 951. The molecule has 2 heterocycles. The molecule has 2 aromatic heterocycles. The molecular formula is C18H18N2O3. The average molecular weight is 310 g/mol. The minimum Gasteiger partial charge on any atom is -0.477 e. The molecule has 118 valence electrons. The van der Waals surface area contributed by atoms with E-state index < -0.39 is 11.4 Å². The lowest BCUT2D eigenvalue weighted by Crippen LogP contribution is -2.23. The highest BCUT2D eigenvalue weighted by molar-refractivity contribution is 5.88. The number of nitrogens with one attached hydrogen (secondary N) is 1. The number of benzene rings is 1. The van der Waals surface area contributed by atoms with Gasteiger partial charge in [0.1, 0.15) is 5.56 Å². The Morgan fingerprint density at radius 3 is 2.74 bits per heavy atom. The fourth-order valence-electron chi connectivity index (χ4n) is 3.09. The minimum atomic E-state index is -1.17. The fraction of sp³-hybridized carbons (Fsp3) is 0.222. The number of H-pyrrole nitrogens is 1. The maximum absolute atomic E-state index is 11.9. The van der Waals surface area contributed by atoms with Gasteiger partial charge in [-0.25, -0.2) is 4.79 Å². The highest BCUT2D eigenvalue weighted by Crippen LogP contribution is 2.19. The van der Waals surface area contributed by atoms with Crippen molar-refractivity contribution in [2.45, 2.75) is 26.8 Å². The van der Waals surface area contributed by atoms with E-state index in [2.05, 4.69) is 11.1 Å². The highest BCUT2D eigenvalue weighted by atomic mass is 16.4. The quantitative estimate of drug-likeness (QED) is 0.778. The number of carbonyl (C=O) groups is 1. The van der Waals surface area contributed by atoms with E-state index in [-0.39, 0.29) is 5.56 Å². The third kappa shape index (κ3) is 2.65. The molecule has 23 heavy (non-hydrogen) atoms. The Labute approximate surface area is 133 Å². The topological polar surface area (TPSA) is 75.1 Å². The summed E-state index contributed by atoms with van der Waals surface area (Å²) in [5.41, 5.74) is 2.96. The number of carboxylic acids is 1. The van der Waals surface area contributed by atoms with Gasteiger partial charge in [-0.3, -0.25) is 4.79 Å². The van der Waals surface area contributed by atoms with E-state index in [0.29, 0.717) is 12.2 Å². The van der Waals surface area contributed by atoms with Crippen molar-refractivity contribution < 1.29 is 9.90 Å². The first-order valence-electron chi connectivity index (χ1n) is 7.48. The summed E-state index contributed by atoms with van der Waals surface area (Å²) in [5, 5.41) is 10.4. The van der Waals surface area contributed by atoms with E-state index in [1.165, 1.54) is 17.0 Å². The van der Waals surface area contributed by atoms with Crippen molar-refractivity contribution in [1.82, 2.24) is 9.55 Å². The average Bonchev–Trinajstić information content (AvgIpc) is 2.89. The molecule has 5 heteroatoms. The van der Waals surface area contributed by atoms with E-state index in [0.717, 1.165) is 17.6 Å². The maximum Gasteiger partial charge on any atom is 0.341 e. The second-order valence-corrected chi connectivity index (χ2v) is 5.68. The Morgan fingerprint density at radius 1 is 1.26 bits per heavy atom. The summed E-state index contributed by atoms with van der Waals surface area (Å²) in [6.45, 7) is 4.14. The van der Waals surface area contributed by atoms with Gasteiger partial charge in [0.05, 0.1) is 0 Å². The van der Waals surface area contributed by atoms with Crippen LogP contribution in [0.2, 0.25) is 0 Å². The lowest BCUT2D eigenvalue weighted by molar-refractivity contribution is 0.0693. The number of fused-ring (bicyclic) bond motifs is 1. The largest absolute Gasteiger partial charge is 0.477 e. The smallest absolute Gasteiger partial charge is 0.341 e. The molecule has 0 atom stereocenters. The van der Waals surface area contributed by atoms with Gasteiger partial charge in [0.2, 0.25) is 0 Å². The zero-order chi connectivity index (χ0) is 16.6. The molecule has 0 saturated carbocycles. The van der Waals surface area contributed by atoms with Crippen LogP contribution in [0.25, 0.3) is 10.9 Å². The fourth-order valence-corrected chi connectivity index (χ4v) is 3.09. The van der Waals surface area contributed by atoms with Crippen molar-refractivity contribution in [2.24, 2.45) is 0 Å². The first kappa shape index (κ1) is 15.1. The number of pyridine rings is 1. The summed E-state index contributed by atoms with van der Waals surface area (Å²) < 4.78 is 1.90. The van der Waals surface area contributed by atoms with Gasteiger partial charge in [0.25, 0.3) is 0 Å². The van der Waals surface area contributed by atoms with Gasteiger partial charge in [-0.2, -0.15) is 0 Å². The molecule has 0 aliphatic heterocycles. The first-order chi connectivity index (χ1) is 11.0. The monoisotopic (exact) mass is 310 g/mol. The molecule has 2 N–H and O–H groups in total. The highest BCUT2D eigenvalue weighted by Gasteiger charge is 2.16. The van der Waals surface area contributed by atoms with Crippen LogP contribution < -0.4 is 5.43 Å². The summed E-state index contributed by atoms with van der Waals surface area (Å²) >= 11 is 0. The number of aryl methyl sites for hydroxylation is 2. The van der Waals surface area contributed by atoms with Crippen LogP contribution in [0.4, 0.5) is 0 Å². The number of nitrogens with zero attached hydrogens (tertiary/aromatic N) is 1. The molecule has 0 saturated heterocycles. The Kier molecular flexibility index (Phi) is 3.78. The zero-order valence-corrected chi connectivity index (χ0v) is 13.1. The Balaban J connectivity index is 1.96. The minimum absolute atomic E-state index is 0.144. The molecular weight excluding hydrogens is 292 g/mol. The number of aromatic amines is 1. The van der Waals surface area contributed by atoms with Crippen LogP contribution in [0.1, 0.15) is 27.3 Å². The number of para-hydroxylation sites is 1. The molecule has 0 aliphatic rings. The van der Waals surface area contributed by atoms with E-state index in [1.54, 1.807) is 6.92 Å². The van der Waals surface area contributed by atoms with Crippen molar-refractivity contribution in [3.8, 4) is 0 Å². The van der Waals surface area contributed by atoms with E-state index in [1.807, 2.05) is 35.9 Å². The SMILES string of the molecule is Cc1cc(=O)c(C(=O)O)c(C)n1CCc1c[nH]c2ccccc12. The summed E-state index contributed by atoms with van der Waals surface area (Å²) in [7, 11) is 0. The normalized spacial score (nSPS) is 11.0. The van der Waals surface area contributed by atoms with Crippen molar-refractivity contribution in [1.29, 1.82) is 0 Å². The van der Waals surface area contributed by atoms with Gasteiger partial charge in [-0.05, 0) is 31.9 Å². The van der Waals surface area contributed by atoms with Crippen molar-refractivity contribution in [3.63, 3.8) is 0 Å². The first-order valence-corrected chi connectivity index (χ1v) is 7.48. The van der Waals surface area contributed by atoms with Crippen molar-refractivity contribution in [3.05, 3.63) is 69.3 Å². The van der Waals surface area contributed by atoms with Crippen LogP contribution in [0.3, 0.4) is 0 Å². The molecule has 5 nitrogen and oxygen atoms in total. The number of carboxylic acid groups (broad SMARTS) is 1. The summed E-state index contributed by atoms with van der Waals surface area (Å²) in [4.78, 5) is 26.4.